The third-order valence-electron chi connectivity index (χ3n) is 3.20. The number of carbonyl (C=O) groups is 1. The van der Waals surface area contributed by atoms with E-state index in [-0.39, 0.29) is 11.6 Å². The van der Waals surface area contributed by atoms with Crippen molar-refractivity contribution in [2.24, 2.45) is 7.05 Å². The Kier molecular flexibility index (Phi) is 4.80. The molecule has 21 heavy (non-hydrogen) atoms. The molecule has 0 atom stereocenters. The third kappa shape index (κ3) is 3.52. The second kappa shape index (κ2) is 6.58. The molecule has 1 amide bonds. The Morgan fingerprint density at radius 3 is 2.81 bits per heavy atom. The van der Waals surface area contributed by atoms with E-state index in [2.05, 4.69) is 20.7 Å². The predicted molar refractivity (Wildman–Crippen MR) is 82.5 cm³/mol. The van der Waals surface area contributed by atoms with Gasteiger partial charge < -0.3 is 10.6 Å². The minimum absolute atomic E-state index is 0.219. The zero-order chi connectivity index (χ0) is 15.4. The molecule has 2 aromatic heterocycles. The lowest BCUT2D eigenvalue weighted by Crippen LogP contribution is -2.24. The highest BCUT2D eigenvalue weighted by Gasteiger charge is 2.14. The van der Waals surface area contributed by atoms with Crippen LogP contribution in [-0.2, 0) is 13.6 Å². The van der Waals surface area contributed by atoms with Gasteiger partial charge in [0, 0.05) is 31.4 Å². The number of rotatable bonds is 5. The number of hydrogen-bond acceptors (Lipinski definition) is 4. The number of aryl methyl sites for hydroxylation is 1. The SMILES string of the molecule is CCNc1ccc(Cl)c(C(=O)NCc2cnn(C)c2C)n1. The molecule has 2 rings (SSSR count). The van der Waals surface area contributed by atoms with Crippen molar-refractivity contribution < 1.29 is 4.79 Å². The molecule has 2 aromatic rings. The number of hydrogen-bond donors (Lipinski definition) is 2. The molecule has 2 heterocycles. The maximum absolute atomic E-state index is 12.2. The standard InChI is InChI=1S/C14H18ClN5O/c1-4-16-12-6-5-11(15)13(19-12)14(21)17-7-10-8-18-20(3)9(10)2/h5-6,8H,4,7H2,1-3H3,(H,16,19)(H,17,21). The summed E-state index contributed by atoms with van der Waals surface area (Å²) < 4.78 is 1.76. The van der Waals surface area contributed by atoms with Crippen molar-refractivity contribution in [1.29, 1.82) is 0 Å². The Balaban J connectivity index is 2.09. The topological polar surface area (TPSA) is 71.8 Å². The molecule has 0 aliphatic carbocycles. The van der Waals surface area contributed by atoms with E-state index >= 15 is 0 Å². The van der Waals surface area contributed by atoms with Gasteiger partial charge in [-0.3, -0.25) is 9.48 Å². The van der Waals surface area contributed by atoms with Gasteiger partial charge in [-0.25, -0.2) is 4.98 Å². The van der Waals surface area contributed by atoms with Gasteiger partial charge in [0.15, 0.2) is 0 Å². The van der Waals surface area contributed by atoms with Crippen LogP contribution < -0.4 is 10.6 Å². The summed E-state index contributed by atoms with van der Waals surface area (Å²) >= 11 is 6.04. The van der Waals surface area contributed by atoms with E-state index in [0.29, 0.717) is 17.4 Å². The van der Waals surface area contributed by atoms with Gasteiger partial charge in [-0.15, -0.1) is 0 Å². The van der Waals surface area contributed by atoms with Gasteiger partial charge in [0.2, 0.25) is 0 Å². The molecule has 0 unspecified atom stereocenters. The number of carbonyl (C=O) groups excluding carboxylic acids is 1. The van der Waals surface area contributed by atoms with Crippen molar-refractivity contribution in [2.75, 3.05) is 11.9 Å². The van der Waals surface area contributed by atoms with Crippen molar-refractivity contribution in [3.63, 3.8) is 0 Å². The number of pyridine rings is 1. The molecule has 2 N–H and O–H groups in total. The second-order valence-corrected chi connectivity index (χ2v) is 5.03. The zero-order valence-electron chi connectivity index (χ0n) is 12.3. The number of aromatic nitrogens is 3. The lowest BCUT2D eigenvalue weighted by atomic mass is 10.2. The summed E-state index contributed by atoms with van der Waals surface area (Å²) in [5.74, 6) is 0.326. The van der Waals surface area contributed by atoms with Crippen LogP contribution in [0.5, 0.6) is 0 Å². The van der Waals surface area contributed by atoms with Crippen LogP contribution in [-0.4, -0.2) is 27.2 Å². The van der Waals surface area contributed by atoms with Gasteiger partial charge in [0.05, 0.1) is 11.2 Å². The van der Waals surface area contributed by atoms with Crippen LogP contribution in [0.25, 0.3) is 0 Å². The van der Waals surface area contributed by atoms with Crippen LogP contribution in [0.1, 0.15) is 28.7 Å². The Bertz CT molecular complexity index is 653. The van der Waals surface area contributed by atoms with Crippen LogP contribution in [0.3, 0.4) is 0 Å². The third-order valence-corrected chi connectivity index (χ3v) is 3.50. The maximum Gasteiger partial charge on any atom is 0.271 e. The minimum atomic E-state index is -0.303. The highest BCUT2D eigenvalue weighted by molar-refractivity contribution is 6.33. The van der Waals surface area contributed by atoms with Crippen molar-refractivity contribution in [3.05, 3.63) is 40.3 Å². The van der Waals surface area contributed by atoms with Crippen molar-refractivity contribution in [2.45, 2.75) is 20.4 Å². The molecular formula is C14H18ClN5O. The lowest BCUT2D eigenvalue weighted by molar-refractivity contribution is 0.0946. The molecule has 0 fully saturated rings. The Labute approximate surface area is 128 Å². The van der Waals surface area contributed by atoms with E-state index in [4.69, 9.17) is 11.6 Å². The van der Waals surface area contributed by atoms with Gasteiger partial charge in [0.1, 0.15) is 11.5 Å². The highest BCUT2D eigenvalue weighted by atomic mass is 35.5. The zero-order valence-corrected chi connectivity index (χ0v) is 13.0. The molecule has 7 heteroatoms. The van der Waals surface area contributed by atoms with E-state index in [1.165, 1.54) is 0 Å². The fraction of sp³-hybridized carbons (Fsp3) is 0.357. The Hall–Kier alpha value is -2.08. The second-order valence-electron chi connectivity index (χ2n) is 4.62. The molecule has 6 nitrogen and oxygen atoms in total. The van der Waals surface area contributed by atoms with Crippen molar-refractivity contribution >= 4 is 23.3 Å². The molecule has 0 aliphatic heterocycles. The van der Waals surface area contributed by atoms with E-state index in [0.717, 1.165) is 17.8 Å². The predicted octanol–water partition coefficient (Wildman–Crippen LogP) is 2.14. The Morgan fingerprint density at radius 1 is 1.43 bits per heavy atom. The first-order chi connectivity index (χ1) is 10.0. The number of amides is 1. The van der Waals surface area contributed by atoms with E-state index in [1.807, 2.05) is 20.9 Å². The Morgan fingerprint density at radius 2 is 2.19 bits per heavy atom. The fourth-order valence-electron chi connectivity index (χ4n) is 1.86. The quantitative estimate of drug-likeness (QED) is 0.888. The van der Waals surface area contributed by atoms with Gasteiger partial charge in [0.25, 0.3) is 5.91 Å². The number of nitrogens with zero attached hydrogens (tertiary/aromatic N) is 3. The normalized spacial score (nSPS) is 10.5. The molecule has 0 aromatic carbocycles. The minimum Gasteiger partial charge on any atom is -0.370 e. The molecule has 0 aliphatic rings. The molecule has 112 valence electrons. The summed E-state index contributed by atoms with van der Waals surface area (Å²) in [5.41, 5.74) is 2.19. The molecule has 0 saturated carbocycles. The fourth-order valence-corrected chi connectivity index (χ4v) is 2.05. The number of halogens is 1. The largest absolute Gasteiger partial charge is 0.370 e. The smallest absolute Gasteiger partial charge is 0.271 e. The van der Waals surface area contributed by atoms with E-state index in [1.54, 1.807) is 23.0 Å². The summed E-state index contributed by atoms with van der Waals surface area (Å²) in [6, 6.07) is 3.41. The number of anilines is 1. The summed E-state index contributed by atoms with van der Waals surface area (Å²) in [6.07, 6.45) is 1.74. The van der Waals surface area contributed by atoms with Crippen LogP contribution >= 0.6 is 11.6 Å². The molecule has 0 radical (unpaired) electrons. The van der Waals surface area contributed by atoms with Crippen molar-refractivity contribution in [3.8, 4) is 0 Å². The molecular weight excluding hydrogens is 290 g/mol. The monoisotopic (exact) mass is 307 g/mol. The lowest BCUT2D eigenvalue weighted by Gasteiger charge is -2.08. The van der Waals surface area contributed by atoms with E-state index in [9.17, 15) is 4.79 Å². The summed E-state index contributed by atoms with van der Waals surface area (Å²) in [5, 5.41) is 10.3. The summed E-state index contributed by atoms with van der Waals surface area (Å²) in [4.78, 5) is 16.4. The summed E-state index contributed by atoms with van der Waals surface area (Å²) in [7, 11) is 1.86. The van der Waals surface area contributed by atoms with Gasteiger partial charge in [-0.2, -0.15) is 5.10 Å². The molecule has 0 bridgehead atoms. The van der Waals surface area contributed by atoms with Crippen molar-refractivity contribution in [1.82, 2.24) is 20.1 Å². The van der Waals surface area contributed by atoms with Crippen LogP contribution in [0.2, 0.25) is 5.02 Å². The van der Waals surface area contributed by atoms with Gasteiger partial charge in [-0.05, 0) is 26.0 Å². The first-order valence-electron chi connectivity index (χ1n) is 6.69. The average Bonchev–Trinajstić information content (AvgIpc) is 2.78. The van der Waals surface area contributed by atoms with Gasteiger partial charge in [-0.1, -0.05) is 11.6 Å². The highest BCUT2D eigenvalue weighted by Crippen LogP contribution is 2.17. The average molecular weight is 308 g/mol. The number of nitrogens with one attached hydrogen (secondary N) is 2. The van der Waals surface area contributed by atoms with Crippen LogP contribution in [0.15, 0.2) is 18.3 Å². The van der Waals surface area contributed by atoms with Crippen LogP contribution in [0, 0.1) is 6.92 Å². The first-order valence-corrected chi connectivity index (χ1v) is 7.06. The maximum atomic E-state index is 12.2. The van der Waals surface area contributed by atoms with E-state index < -0.39 is 0 Å². The van der Waals surface area contributed by atoms with Crippen LogP contribution in [0.4, 0.5) is 5.82 Å². The summed E-state index contributed by atoms with van der Waals surface area (Å²) in [6.45, 7) is 5.03. The molecule has 0 spiro atoms. The molecule has 0 saturated heterocycles. The first kappa shape index (κ1) is 15.3. The van der Waals surface area contributed by atoms with Gasteiger partial charge >= 0.3 is 0 Å².